The molecule has 1 unspecified atom stereocenters. The number of hydrogen-bond acceptors (Lipinski definition) is 3. The summed E-state index contributed by atoms with van der Waals surface area (Å²) in [4.78, 5) is 34.1. The fourth-order valence-corrected chi connectivity index (χ4v) is 4.89. The van der Waals surface area contributed by atoms with Crippen molar-refractivity contribution in [2.45, 2.75) is 46.1 Å². The molecule has 1 N–H and O–H groups in total. The molecule has 8 heteroatoms. The lowest BCUT2D eigenvalue weighted by atomic mass is 10.1. The molecule has 0 radical (unpaired) electrons. The van der Waals surface area contributed by atoms with Crippen molar-refractivity contribution >= 4 is 50.2 Å². The number of rotatable bonds is 8. The zero-order valence-electron chi connectivity index (χ0n) is 21.2. The van der Waals surface area contributed by atoms with Gasteiger partial charge in [-0.3, -0.25) is 9.36 Å². The first-order chi connectivity index (χ1) is 17.8. The molecule has 6 nitrogen and oxygen atoms in total. The summed E-state index contributed by atoms with van der Waals surface area (Å²) < 4.78 is 2.56. The minimum Gasteiger partial charge on any atom is -0.315 e. The summed E-state index contributed by atoms with van der Waals surface area (Å²) >= 11 is 9.66. The Labute approximate surface area is 230 Å². The van der Waals surface area contributed by atoms with E-state index in [-0.39, 0.29) is 11.6 Å². The van der Waals surface area contributed by atoms with Crippen LogP contribution in [-0.4, -0.2) is 27.0 Å². The topological polar surface area (TPSA) is 67.2 Å². The molecule has 0 aliphatic rings. The van der Waals surface area contributed by atoms with Crippen LogP contribution in [0, 0.1) is 6.92 Å². The van der Waals surface area contributed by atoms with E-state index in [4.69, 9.17) is 16.6 Å². The van der Waals surface area contributed by atoms with Crippen molar-refractivity contribution in [2.24, 2.45) is 0 Å². The van der Waals surface area contributed by atoms with E-state index in [9.17, 15) is 9.59 Å². The first-order valence-electron chi connectivity index (χ1n) is 12.4. The Balaban J connectivity index is 1.83. The molecule has 0 aliphatic heterocycles. The number of urea groups is 1. The van der Waals surface area contributed by atoms with Crippen molar-refractivity contribution < 1.29 is 4.79 Å². The van der Waals surface area contributed by atoms with E-state index in [2.05, 4.69) is 28.2 Å². The second kappa shape index (κ2) is 11.9. The Morgan fingerprint density at radius 3 is 2.54 bits per heavy atom. The molecule has 3 aromatic carbocycles. The molecule has 4 rings (SSSR count). The van der Waals surface area contributed by atoms with Gasteiger partial charge in [-0.05, 0) is 80.4 Å². The second-order valence-corrected chi connectivity index (χ2v) is 10.4. The summed E-state index contributed by atoms with van der Waals surface area (Å²) in [7, 11) is 0. The van der Waals surface area contributed by atoms with E-state index >= 15 is 0 Å². The smallest absolute Gasteiger partial charge is 0.315 e. The van der Waals surface area contributed by atoms with E-state index in [0.29, 0.717) is 39.7 Å². The quantitative estimate of drug-likeness (QED) is 0.215. The number of fused-ring (bicyclic) bond motifs is 1. The number of nitrogens with one attached hydrogen (secondary N) is 1. The van der Waals surface area contributed by atoms with Crippen LogP contribution in [0.25, 0.3) is 16.6 Å². The van der Waals surface area contributed by atoms with Gasteiger partial charge >= 0.3 is 6.03 Å². The van der Waals surface area contributed by atoms with Gasteiger partial charge in [-0.2, -0.15) is 0 Å². The summed E-state index contributed by atoms with van der Waals surface area (Å²) in [6, 6.07) is 19.4. The van der Waals surface area contributed by atoms with Crippen LogP contribution in [-0.2, 0) is 0 Å². The minimum absolute atomic E-state index is 0.181. The highest BCUT2D eigenvalue weighted by molar-refractivity contribution is 9.10. The Hall–Kier alpha value is -3.16. The van der Waals surface area contributed by atoms with Gasteiger partial charge in [-0.25, -0.2) is 9.78 Å². The van der Waals surface area contributed by atoms with Crippen LogP contribution in [0.2, 0.25) is 5.02 Å². The molecule has 2 amide bonds. The number of unbranched alkanes of at least 4 members (excludes halogenated alkanes) is 2. The fourth-order valence-electron chi connectivity index (χ4n) is 4.40. The molecule has 0 spiro atoms. The third kappa shape index (κ3) is 6.05. The number of amides is 2. The van der Waals surface area contributed by atoms with Gasteiger partial charge in [0.1, 0.15) is 5.82 Å². The predicted octanol–water partition coefficient (Wildman–Crippen LogP) is 7.90. The average Bonchev–Trinajstić information content (AvgIpc) is 2.88. The predicted molar refractivity (Wildman–Crippen MR) is 155 cm³/mol. The van der Waals surface area contributed by atoms with Gasteiger partial charge in [0, 0.05) is 21.7 Å². The lowest BCUT2D eigenvalue weighted by molar-refractivity contribution is 0.187. The van der Waals surface area contributed by atoms with E-state index in [1.807, 2.05) is 68.4 Å². The second-order valence-electron chi connectivity index (χ2n) is 9.07. The fraction of sp³-hybridized carbons (Fsp3) is 0.276. The molecule has 0 aliphatic carbocycles. The van der Waals surface area contributed by atoms with Crippen molar-refractivity contribution in [3.8, 4) is 5.69 Å². The first kappa shape index (κ1) is 26.9. The van der Waals surface area contributed by atoms with E-state index < -0.39 is 6.04 Å². The Morgan fingerprint density at radius 2 is 1.84 bits per heavy atom. The number of nitrogens with zero attached hydrogens (tertiary/aromatic N) is 3. The highest BCUT2D eigenvalue weighted by Gasteiger charge is 2.27. The first-order valence-corrected chi connectivity index (χ1v) is 13.6. The molecule has 0 saturated carbocycles. The average molecular weight is 582 g/mol. The molecular weight excluding hydrogens is 552 g/mol. The maximum absolute atomic E-state index is 13.8. The van der Waals surface area contributed by atoms with Crippen LogP contribution in [0.5, 0.6) is 0 Å². The molecule has 0 bridgehead atoms. The number of hydrogen-bond donors (Lipinski definition) is 1. The largest absolute Gasteiger partial charge is 0.322 e. The number of benzene rings is 3. The number of anilines is 1. The highest BCUT2D eigenvalue weighted by Crippen LogP contribution is 2.27. The number of aryl methyl sites for hydroxylation is 1. The molecular formula is C29H30BrClN4O2. The summed E-state index contributed by atoms with van der Waals surface area (Å²) in [5, 5.41) is 4.12. The highest BCUT2D eigenvalue weighted by atomic mass is 79.9. The standard InChI is InChI=1S/C29H30BrClN4O2/c1-4-5-8-17-34(29(37)32-23-14-11-21(30)12-15-23)20(3)27-33-25-10-7-6-9-24(25)28(36)35(27)26-16-13-22(31)18-19(26)2/h6-7,9-16,18,20H,4-5,8,17H2,1-3H3,(H,32,37). The molecule has 0 saturated heterocycles. The van der Waals surface area contributed by atoms with Crippen LogP contribution < -0.4 is 10.9 Å². The van der Waals surface area contributed by atoms with E-state index in [1.165, 1.54) is 0 Å². The summed E-state index contributed by atoms with van der Waals surface area (Å²) in [5.74, 6) is 0.497. The minimum atomic E-state index is -0.486. The van der Waals surface area contributed by atoms with Crippen LogP contribution in [0.1, 0.15) is 50.5 Å². The number of halogens is 2. The monoisotopic (exact) mass is 580 g/mol. The van der Waals surface area contributed by atoms with Gasteiger partial charge in [0.25, 0.3) is 5.56 Å². The summed E-state index contributed by atoms with van der Waals surface area (Å²) in [5.41, 5.74) is 2.64. The van der Waals surface area contributed by atoms with Crippen LogP contribution in [0.3, 0.4) is 0 Å². The van der Waals surface area contributed by atoms with Crippen LogP contribution in [0.15, 0.2) is 76.0 Å². The normalized spacial score (nSPS) is 11.9. The maximum Gasteiger partial charge on any atom is 0.322 e. The zero-order chi connectivity index (χ0) is 26.5. The number of carbonyl (C=O) groups is 1. The molecule has 1 atom stereocenters. The third-order valence-electron chi connectivity index (χ3n) is 6.40. The van der Waals surface area contributed by atoms with Gasteiger partial charge in [-0.1, -0.05) is 59.4 Å². The van der Waals surface area contributed by atoms with Crippen molar-refractivity contribution in [1.29, 1.82) is 0 Å². The van der Waals surface area contributed by atoms with E-state index in [1.54, 1.807) is 21.6 Å². The lowest BCUT2D eigenvalue weighted by Crippen LogP contribution is -2.40. The molecule has 4 aromatic rings. The van der Waals surface area contributed by atoms with Crippen molar-refractivity contribution in [3.05, 3.63) is 98.0 Å². The Kier molecular flexibility index (Phi) is 8.67. The number of aromatic nitrogens is 2. The molecule has 1 heterocycles. The molecule has 192 valence electrons. The van der Waals surface area contributed by atoms with Gasteiger partial charge < -0.3 is 10.2 Å². The van der Waals surface area contributed by atoms with Gasteiger partial charge in [0.15, 0.2) is 0 Å². The number of carbonyl (C=O) groups excluding carboxylic acids is 1. The molecule has 1 aromatic heterocycles. The number of para-hydroxylation sites is 1. The third-order valence-corrected chi connectivity index (χ3v) is 7.17. The maximum atomic E-state index is 13.8. The van der Waals surface area contributed by atoms with Crippen LogP contribution >= 0.6 is 27.5 Å². The van der Waals surface area contributed by atoms with Gasteiger partial charge in [0.05, 0.1) is 22.6 Å². The SMILES string of the molecule is CCCCCN(C(=O)Nc1ccc(Br)cc1)C(C)c1nc2ccccc2c(=O)n1-c1ccc(Cl)cc1C. The summed E-state index contributed by atoms with van der Waals surface area (Å²) in [6.45, 7) is 6.49. The van der Waals surface area contributed by atoms with Crippen molar-refractivity contribution in [1.82, 2.24) is 14.5 Å². The summed E-state index contributed by atoms with van der Waals surface area (Å²) in [6.07, 6.45) is 2.86. The molecule has 0 fully saturated rings. The molecule has 37 heavy (non-hydrogen) atoms. The van der Waals surface area contributed by atoms with Gasteiger partial charge in [0.2, 0.25) is 0 Å². The van der Waals surface area contributed by atoms with Crippen molar-refractivity contribution in [2.75, 3.05) is 11.9 Å². The Morgan fingerprint density at radius 1 is 1.11 bits per heavy atom. The zero-order valence-corrected chi connectivity index (χ0v) is 23.5. The van der Waals surface area contributed by atoms with E-state index in [0.717, 1.165) is 29.3 Å². The lowest BCUT2D eigenvalue weighted by Gasteiger charge is -2.31. The van der Waals surface area contributed by atoms with Gasteiger partial charge in [-0.15, -0.1) is 0 Å². The Bertz CT molecular complexity index is 1470. The van der Waals surface area contributed by atoms with Crippen molar-refractivity contribution in [3.63, 3.8) is 0 Å². The van der Waals surface area contributed by atoms with Crippen LogP contribution in [0.4, 0.5) is 10.5 Å².